The van der Waals surface area contributed by atoms with E-state index in [0.29, 0.717) is 0 Å². The Hall–Kier alpha value is -2.64. The number of amides is 2. The summed E-state index contributed by atoms with van der Waals surface area (Å²) in [5.74, 6) is -2.51. The van der Waals surface area contributed by atoms with E-state index in [1.807, 2.05) is 5.32 Å². The molecule has 0 saturated heterocycles. The van der Waals surface area contributed by atoms with Crippen molar-refractivity contribution in [2.45, 2.75) is 12.5 Å². The van der Waals surface area contributed by atoms with Crippen LogP contribution in [0.2, 0.25) is 0 Å². The minimum absolute atomic E-state index is 0.231. The van der Waals surface area contributed by atoms with Crippen LogP contribution in [0.4, 0.5) is 10.6 Å². The van der Waals surface area contributed by atoms with Crippen molar-refractivity contribution in [3.8, 4) is 0 Å². The van der Waals surface area contributed by atoms with Crippen LogP contribution in [-0.2, 0) is 9.59 Å². The summed E-state index contributed by atoms with van der Waals surface area (Å²) in [5, 5.41) is 21.5. The van der Waals surface area contributed by atoms with Crippen molar-refractivity contribution in [1.29, 1.82) is 0 Å². The lowest BCUT2D eigenvalue weighted by Crippen LogP contribution is -2.44. The van der Waals surface area contributed by atoms with Gasteiger partial charge in [0.1, 0.15) is 11.9 Å². The van der Waals surface area contributed by atoms with Crippen LogP contribution in [0.3, 0.4) is 0 Å². The van der Waals surface area contributed by atoms with Gasteiger partial charge < -0.3 is 15.5 Å². The van der Waals surface area contributed by atoms with Gasteiger partial charge in [0.2, 0.25) is 0 Å². The molecule has 1 aromatic heterocycles. The van der Waals surface area contributed by atoms with E-state index in [1.54, 1.807) is 12.1 Å². The zero-order valence-corrected chi connectivity index (χ0v) is 9.16. The van der Waals surface area contributed by atoms with Gasteiger partial charge in [-0.05, 0) is 12.1 Å². The topological polar surface area (TPSA) is 129 Å². The van der Waals surface area contributed by atoms with E-state index < -0.39 is 30.4 Å². The van der Waals surface area contributed by atoms with Crippen molar-refractivity contribution in [2.24, 2.45) is 0 Å². The molecule has 0 aromatic carbocycles. The van der Waals surface area contributed by atoms with Crippen molar-refractivity contribution in [3.63, 3.8) is 0 Å². The van der Waals surface area contributed by atoms with E-state index in [0.717, 1.165) is 0 Å². The second kappa shape index (κ2) is 6.18. The van der Waals surface area contributed by atoms with Crippen LogP contribution in [0.5, 0.6) is 0 Å². The lowest BCUT2D eigenvalue weighted by Gasteiger charge is -2.12. The predicted molar refractivity (Wildman–Crippen MR) is 60.1 cm³/mol. The minimum atomic E-state index is -1.49. The number of carbonyl (C=O) groups excluding carboxylic acids is 1. The average molecular weight is 253 g/mol. The second-order valence-electron chi connectivity index (χ2n) is 3.30. The van der Waals surface area contributed by atoms with Gasteiger partial charge in [0.05, 0.1) is 6.42 Å². The molecule has 2 amide bonds. The molecule has 1 rings (SSSR count). The Morgan fingerprint density at radius 1 is 1.28 bits per heavy atom. The molecule has 0 bridgehead atoms. The Balaban J connectivity index is 2.56. The number of pyridine rings is 1. The molecule has 0 radical (unpaired) electrons. The number of nitrogens with one attached hydrogen (secondary N) is 2. The van der Waals surface area contributed by atoms with Gasteiger partial charge in [-0.25, -0.2) is 14.6 Å². The van der Waals surface area contributed by atoms with Crippen LogP contribution in [-0.4, -0.2) is 39.2 Å². The van der Waals surface area contributed by atoms with Crippen LogP contribution in [0.25, 0.3) is 0 Å². The lowest BCUT2D eigenvalue weighted by molar-refractivity contribution is -0.145. The smallest absolute Gasteiger partial charge is 0.326 e. The molecule has 96 valence electrons. The highest BCUT2D eigenvalue weighted by atomic mass is 16.4. The van der Waals surface area contributed by atoms with Crippen molar-refractivity contribution in [2.75, 3.05) is 5.32 Å². The van der Waals surface area contributed by atoms with Gasteiger partial charge in [-0.3, -0.25) is 10.1 Å². The Morgan fingerprint density at radius 2 is 2.00 bits per heavy atom. The number of hydrogen-bond donors (Lipinski definition) is 4. The summed E-state index contributed by atoms with van der Waals surface area (Å²) in [7, 11) is 0. The summed E-state index contributed by atoms with van der Waals surface area (Å²) in [6.07, 6.45) is 0.743. The SMILES string of the molecule is O=C(O)C[C@H](NC(=O)Nc1ccccn1)C(=O)O. The molecule has 4 N–H and O–H groups in total. The van der Waals surface area contributed by atoms with Crippen LogP contribution >= 0.6 is 0 Å². The van der Waals surface area contributed by atoms with E-state index in [9.17, 15) is 14.4 Å². The summed E-state index contributed by atoms with van der Waals surface area (Å²) in [5.41, 5.74) is 0. The molecule has 0 unspecified atom stereocenters. The molecule has 0 aliphatic carbocycles. The zero-order chi connectivity index (χ0) is 13.5. The first-order valence-electron chi connectivity index (χ1n) is 4.92. The molecular formula is C10H11N3O5. The molecule has 0 spiro atoms. The Morgan fingerprint density at radius 3 is 2.50 bits per heavy atom. The number of hydrogen-bond acceptors (Lipinski definition) is 4. The fourth-order valence-corrected chi connectivity index (χ4v) is 1.12. The van der Waals surface area contributed by atoms with Crippen molar-refractivity contribution < 1.29 is 24.6 Å². The molecule has 0 saturated carbocycles. The highest BCUT2D eigenvalue weighted by molar-refractivity contribution is 5.92. The fraction of sp³-hybridized carbons (Fsp3) is 0.200. The van der Waals surface area contributed by atoms with Gasteiger partial charge in [0, 0.05) is 6.20 Å². The molecule has 0 fully saturated rings. The van der Waals surface area contributed by atoms with Crippen LogP contribution in [0, 0.1) is 0 Å². The Bertz CT molecular complexity index is 448. The number of urea groups is 1. The molecule has 1 aromatic rings. The van der Waals surface area contributed by atoms with Crippen molar-refractivity contribution >= 4 is 23.8 Å². The first kappa shape index (κ1) is 13.4. The summed E-state index contributed by atoms with van der Waals surface area (Å²) in [6, 6.07) is 2.46. The number of carbonyl (C=O) groups is 3. The number of rotatable bonds is 5. The average Bonchev–Trinajstić information content (AvgIpc) is 2.28. The molecule has 0 aliphatic heterocycles. The number of aliphatic carboxylic acids is 2. The van der Waals surface area contributed by atoms with E-state index in [1.165, 1.54) is 12.3 Å². The predicted octanol–water partition coefficient (Wildman–Crippen LogP) is 0.131. The van der Waals surface area contributed by atoms with Crippen molar-refractivity contribution in [1.82, 2.24) is 10.3 Å². The number of anilines is 1. The number of aromatic nitrogens is 1. The third-order valence-corrected chi connectivity index (χ3v) is 1.89. The molecule has 1 atom stereocenters. The first-order valence-corrected chi connectivity index (χ1v) is 4.92. The Kier molecular flexibility index (Phi) is 4.61. The summed E-state index contributed by atoms with van der Waals surface area (Å²) >= 11 is 0. The van der Waals surface area contributed by atoms with E-state index in [-0.39, 0.29) is 5.82 Å². The maximum Gasteiger partial charge on any atom is 0.326 e. The van der Waals surface area contributed by atoms with Crippen molar-refractivity contribution in [3.05, 3.63) is 24.4 Å². The normalized spacial score (nSPS) is 11.3. The molecule has 0 aliphatic rings. The minimum Gasteiger partial charge on any atom is -0.481 e. The maximum atomic E-state index is 11.4. The van der Waals surface area contributed by atoms with Gasteiger partial charge >= 0.3 is 18.0 Å². The number of carboxylic acid groups (broad SMARTS) is 2. The van der Waals surface area contributed by atoms with Gasteiger partial charge in [0.25, 0.3) is 0 Å². The number of carboxylic acids is 2. The standard InChI is InChI=1S/C10H11N3O5/c14-8(15)5-6(9(16)17)12-10(18)13-7-3-1-2-4-11-7/h1-4,6H,5H2,(H,14,15)(H,16,17)(H2,11,12,13,18)/t6-/m0/s1. The van der Waals surface area contributed by atoms with Crippen LogP contribution < -0.4 is 10.6 Å². The Labute approximate surface area is 102 Å². The molecule has 8 heteroatoms. The van der Waals surface area contributed by atoms with E-state index in [4.69, 9.17) is 10.2 Å². The third-order valence-electron chi connectivity index (χ3n) is 1.89. The summed E-state index contributed by atoms with van der Waals surface area (Å²) in [4.78, 5) is 36.3. The maximum absolute atomic E-state index is 11.4. The van der Waals surface area contributed by atoms with Gasteiger partial charge in [0.15, 0.2) is 0 Å². The monoisotopic (exact) mass is 253 g/mol. The molecule has 18 heavy (non-hydrogen) atoms. The highest BCUT2D eigenvalue weighted by Gasteiger charge is 2.22. The largest absolute Gasteiger partial charge is 0.481 e. The van der Waals surface area contributed by atoms with E-state index >= 15 is 0 Å². The van der Waals surface area contributed by atoms with E-state index in [2.05, 4.69) is 10.3 Å². The molecule has 1 heterocycles. The fourth-order valence-electron chi connectivity index (χ4n) is 1.12. The second-order valence-corrected chi connectivity index (χ2v) is 3.30. The zero-order valence-electron chi connectivity index (χ0n) is 9.16. The summed E-state index contributed by atoms with van der Waals surface area (Å²) < 4.78 is 0. The van der Waals surface area contributed by atoms with Crippen LogP contribution in [0.1, 0.15) is 6.42 Å². The molecular weight excluding hydrogens is 242 g/mol. The highest BCUT2D eigenvalue weighted by Crippen LogP contribution is 2.00. The van der Waals surface area contributed by atoms with Gasteiger partial charge in [-0.1, -0.05) is 6.07 Å². The third kappa shape index (κ3) is 4.47. The van der Waals surface area contributed by atoms with Crippen LogP contribution in [0.15, 0.2) is 24.4 Å². The number of nitrogens with zero attached hydrogens (tertiary/aromatic N) is 1. The summed E-state index contributed by atoms with van der Waals surface area (Å²) in [6.45, 7) is 0. The molecule has 8 nitrogen and oxygen atoms in total. The quantitative estimate of drug-likeness (QED) is 0.590. The van der Waals surface area contributed by atoms with Gasteiger partial charge in [-0.2, -0.15) is 0 Å². The first-order chi connectivity index (χ1) is 8.49. The van der Waals surface area contributed by atoms with Gasteiger partial charge in [-0.15, -0.1) is 0 Å². The lowest BCUT2D eigenvalue weighted by atomic mass is 10.2.